The summed E-state index contributed by atoms with van der Waals surface area (Å²) < 4.78 is 0. The van der Waals surface area contributed by atoms with Gasteiger partial charge >= 0.3 is 6.03 Å². The molecule has 0 radical (unpaired) electrons. The van der Waals surface area contributed by atoms with Crippen LogP contribution in [0.4, 0.5) is 4.79 Å². The van der Waals surface area contributed by atoms with E-state index < -0.39 is 0 Å². The van der Waals surface area contributed by atoms with E-state index in [1.807, 2.05) is 42.4 Å². The van der Waals surface area contributed by atoms with Crippen molar-refractivity contribution in [1.29, 1.82) is 0 Å². The monoisotopic (exact) mass is 339 g/mol. The van der Waals surface area contributed by atoms with Gasteiger partial charge in [0.15, 0.2) is 0 Å². The highest BCUT2D eigenvalue weighted by atomic mass is 16.2. The first-order chi connectivity index (χ1) is 12.1. The Morgan fingerprint density at radius 3 is 2.64 bits per heavy atom. The maximum absolute atomic E-state index is 12.4. The lowest BCUT2D eigenvalue weighted by Gasteiger charge is -2.38. The minimum Gasteiger partial charge on any atom is -0.334 e. The van der Waals surface area contributed by atoms with Crippen molar-refractivity contribution in [2.24, 2.45) is 0 Å². The lowest BCUT2D eigenvalue weighted by Crippen LogP contribution is -2.52. The van der Waals surface area contributed by atoms with Crippen LogP contribution >= 0.6 is 0 Å². The summed E-state index contributed by atoms with van der Waals surface area (Å²) in [4.78, 5) is 25.1. The summed E-state index contributed by atoms with van der Waals surface area (Å²) >= 11 is 0. The molecule has 1 aliphatic rings. The van der Waals surface area contributed by atoms with E-state index in [1.54, 1.807) is 6.20 Å². The smallest absolute Gasteiger partial charge is 0.317 e. The first kappa shape index (κ1) is 17.4. The zero-order chi connectivity index (χ0) is 17.6. The van der Waals surface area contributed by atoms with Crippen LogP contribution in [0.25, 0.3) is 0 Å². The number of carbonyl (C=O) groups excluding carboxylic acids is 1. The van der Waals surface area contributed by atoms with Crippen LogP contribution in [-0.4, -0.2) is 52.0 Å². The van der Waals surface area contributed by atoms with Gasteiger partial charge in [-0.1, -0.05) is 12.1 Å². The number of aryl methyl sites for hydroxylation is 1. The predicted octanol–water partition coefficient (Wildman–Crippen LogP) is 2.37. The van der Waals surface area contributed by atoms with E-state index >= 15 is 0 Å². The highest BCUT2D eigenvalue weighted by Crippen LogP contribution is 2.20. The van der Waals surface area contributed by atoms with E-state index in [9.17, 15) is 4.79 Å². The molecule has 132 valence electrons. The second kappa shape index (κ2) is 8.07. The van der Waals surface area contributed by atoms with Gasteiger partial charge in [-0.25, -0.2) is 4.79 Å². The first-order valence-electron chi connectivity index (χ1n) is 8.72. The topological polar surface area (TPSA) is 61.4 Å². The molecular formula is C19H25N5O. The number of piperazine rings is 1. The lowest BCUT2D eigenvalue weighted by atomic mass is 10.1. The fourth-order valence-electron chi connectivity index (χ4n) is 3.04. The van der Waals surface area contributed by atoms with E-state index in [-0.39, 0.29) is 6.03 Å². The Morgan fingerprint density at radius 2 is 2.00 bits per heavy atom. The molecule has 1 N–H and O–H groups in total. The summed E-state index contributed by atoms with van der Waals surface area (Å²) in [6.07, 6.45) is 5.52. The molecule has 1 fully saturated rings. The molecule has 1 atom stereocenters. The number of carbonyl (C=O) groups is 1. The van der Waals surface area contributed by atoms with Crippen molar-refractivity contribution in [2.45, 2.75) is 26.4 Å². The molecule has 1 unspecified atom stereocenters. The van der Waals surface area contributed by atoms with Gasteiger partial charge in [-0.3, -0.25) is 14.9 Å². The van der Waals surface area contributed by atoms with E-state index in [2.05, 4.69) is 33.2 Å². The largest absolute Gasteiger partial charge is 0.334 e. The predicted molar refractivity (Wildman–Crippen MR) is 97.0 cm³/mol. The highest BCUT2D eigenvalue weighted by Gasteiger charge is 2.24. The van der Waals surface area contributed by atoms with Gasteiger partial charge < -0.3 is 10.2 Å². The fraction of sp³-hybridized carbons (Fsp3) is 0.421. The third-order valence-electron chi connectivity index (χ3n) is 4.73. The van der Waals surface area contributed by atoms with Gasteiger partial charge in [-0.15, -0.1) is 0 Å². The molecule has 25 heavy (non-hydrogen) atoms. The number of amides is 2. The van der Waals surface area contributed by atoms with Crippen LogP contribution in [0.5, 0.6) is 0 Å². The van der Waals surface area contributed by atoms with Crippen molar-refractivity contribution in [3.05, 3.63) is 59.7 Å². The van der Waals surface area contributed by atoms with E-state index in [0.29, 0.717) is 12.6 Å². The molecule has 1 saturated heterocycles. The number of rotatable bonds is 4. The molecule has 3 heterocycles. The number of nitrogens with zero attached hydrogens (tertiary/aromatic N) is 4. The van der Waals surface area contributed by atoms with Gasteiger partial charge in [-0.2, -0.15) is 0 Å². The third-order valence-corrected chi connectivity index (χ3v) is 4.73. The average Bonchev–Trinajstić information content (AvgIpc) is 2.67. The van der Waals surface area contributed by atoms with Crippen LogP contribution in [0.15, 0.2) is 42.9 Å². The summed E-state index contributed by atoms with van der Waals surface area (Å²) in [5, 5.41) is 2.98. The van der Waals surface area contributed by atoms with Gasteiger partial charge in [0, 0.05) is 63.1 Å². The van der Waals surface area contributed by atoms with Gasteiger partial charge in [0.1, 0.15) is 0 Å². The Labute approximate surface area is 148 Å². The van der Waals surface area contributed by atoms with Gasteiger partial charge in [0.25, 0.3) is 0 Å². The van der Waals surface area contributed by atoms with Crippen molar-refractivity contribution in [1.82, 2.24) is 25.1 Å². The average molecular weight is 339 g/mol. The Balaban J connectivity index is 1.46. The zero-order valence-corrected chi connectivity index (χ0v) is 14.9. The maximum Gasteiger partial charge on any atom is 0.317 e. The maximum atomic E-state index is 12.4. The number of hydrogen-bond donors (Lipinski definition) is 1. The molecule has 6 nitrogen and oxygen atoms in total. The Morgan fingerprint density at radius 1 is 1.20 bits per heavy atom. The van der Waals surface area contributed by atoms with Gasteiger partial charge in [0.05, 0.1) is 0 Å². The molecule has 0 aliphatic carbocycles. The van der Waals surface area contributed by atoms with Crippen molar-refractivity contribution in [2.75, 3.05) is 26.2 Å². The van der Waals surface area contributed by atoms with Crippen molar-refractivity contribution < 1.29 is 4.79 Å². The standard InChI is InChI=1S/C19H25N5O/c1-15-5-6-17(12-21-15)13-22-19(25)24-10-8-23(9-11-24)16(2)18-4-3-7-20-14-18/h3-7,12,14,16H,8-11,13H2,1-2H3,(H,22,25). The molecule has 0 aromatic carbocycles. The van der Waals surface area contributed by atoms with Crippen molar-refractivity contribution in [3.8, 4) is 0 Å². The first-order valence-corrected chi connectivity index (χ1v) is 8.72. The molecule has 6 heteroatoms. The Bertz CT molecular complexity index is 681. The molecule has 0 bridgehead atoms. The van der Waals surface area contributed by atoms with Crippen LogP contribution in [-0.2, 0) is 6.54 Å². The fourth-order valence-corrected chi connectivity index (χ4v) is 3.04. The van der Waals surface area contributed by atoms with Crippen LogP contribution < -0.4 is 5.32 Å². The van der Waals surface area contributed by atoms with Crippen molar-refractivity contribution >= 4 is 6.03 Å². The molecule has 3 rings (SSSR count). The molecule has 0 saturated carbocycles. The van der Waals surface area contributed by atoms with Crippen LogP contribution in [0.3, 0.4) is 0 Å². The number of hydrogen-bond acceptors (Lipinski definition) is 4. The molecule has 2 amide bonds. The van der Waals surface area contributed by atoms with Crippen molar-refractivity contribution in [3.63, 3.8) is 0 Å². The number of aromatic nitrogens is 2. The molecule has 0 spiro atoms. The lowest BCUT2D eigenvalue weighted by molar-refractivity contribution is 0.113. The quantitative estimate of drug-likeness (QED) is 0.929. The number of urea groups is 1. The summed E-state index contributed by atoms with van der Waals surface area (Å²) in [7, 11) is 0. The third kappa shape index (κ3) is 4.54. The molecular weight excluding hydrogens is 314 g/mol. The van der Waals surface area contributed by atoms with E-state index in [0.717, 1.165) is 37.4 Å². The number of pyridine rings is 2. The van der Waals surface area contributed by atoms with Gasteiger partial charge in [-0.05, 0) is 37.1 Å². The minimum absolute atomic E-state index is 0.00532. The number of nitrogens with one attached hydrogen (secondary N) is 1. The Hall–Kier alpha value is -2.47. The second-order valence-corrected chi connectivity index (χ2v) is 6.45. The normalized spacial score (nSPS) is 16.5. The SMILES string of the molecule is Cc1ccc(CNC(=O)N2CCN(C(C)c3cccnc3)CC2)cn1. The van der Waals surface area contributed by atoms with Crippen LogP contribution in [0.1, 0.15) is 29.8 Å². The Kier molecular flexibility index (Phi) is 5.60. The summed E-state index contributed by atoms with van der Waals surface area (Å²) in [6, 6.07) is 8.34. The second-order valence-electron chi connectivity index (χ2n) is 6.45. The molecule has 1 aliphatic heterocycles. The zero-order valence-electron chi connectivity index (χ0n) is 14.9. The minimum atomic E-state index is -0.00532. The molecule has 2 aromatic heterocycles. The molecule has 2 aromatic rings. The highest BCUT2D eigenvalue weighted by molar-refractivity contribution is 5.74. The van der Waals surface area contributed by atoms with Crippen LogP contribution in [0.2, 0.25) is 0 Å². The summed E-state index contributed by atoms with van der Waals surface area (Å²) in [6.45, 7) is 7.88. The summed E-state index contributed by atoms with van der Waals surface area (Å²) in [5.41, 5.74) is 3.21. The van der Waals surface area contributed by atoms with Gasteiger partial charge in [0.2, 0.25) is 0 Å². The van der Waals surface area contributed by atoms with Crippen LogP contribution in [0, 0.1) is 6.92 Å². The van der Waals surface area contributed by atoms with E-state index in [4.69, 9.17) is 0 Å². The summed E-state index contributed by atoms with van der Waals surface area (Å²) in [5.74, 6) is 0. The van der Waals surface area contributed by atoms with E-state index in [1.165, 1.54) is 5.56 Å².